The van der Waals surface area contributed by atoms with E-state index in [0.717, 1.165) is 5.56 Å². The van der Waals surface area contributed by atoms with Gasteiger partial charge < -0.3 is 15.0 Å². The zero-order valence-corrected chi connectivity index (χ0v) is 20.9. The Bertz CT molecular complexity index is 1140. The van der Waals surface area contributed by atoms with Crippen LogP contribution >= 0.6 is 0 Å². The van der Waals surface area contributed by atoms with Crippen LogP contribution in [0.2, 0.25) is 0 Å². The zero-order valence-electron chi connectivity index (χ0n) is 20.9. The predicted octanol–water partition coefficient (Wildman–Crippen LogP) is 3.30. The highest BCUT2D eigenvalue weighted by atomic mass is 16.5. The van der Waals surface area contributed by atoms with Gasteiger partial charge in [0.2, 0.25) is 11.8 Å². The number of amides is 3. The number of nitrogens with zero attached hydrogens (tertiary/aromatic N) is 2. The van der Waals surface area contributed by atoms with Crippen molar-refractivity contribution in [2.75, 3.05) is 24.6 Å². The van der Waals surface area contributed by atoms with E-state index < -0.39 is 11.6 Å². The Kier molecular flexibility index (Phi) is 7.72. The lowest BCUT2D eigenvalue weighted by Crippen LogP contribution is -2.62. The summed E-state index contributed by atoms with van der Waals surface area (Å²) < 4.78 is 5.20. The van der Waals surface area contributed by atoms with Gasteiger partial charge in [-0.05, 0) is 50.8 Å². The molecule has 0 aliphatic carbocycles. The number of fused-ring (bicyclic) bond motifs is 3. The molecule has 36 heavy (non-hydrogen) atoms. The highest BCUT2D eigenvalue weighted by molar-refractivity contribution is 6.10. The second kappa shape index (κ2) is 10.9. The van der Waals surface area contributed by atoms with Gasteiger partial charge in [0.25, 0.3) is 5.91 Å². The molecule has 2 unspecified atom stereocenters. The average Bonchev–Trinajstić information content (AvgIpc) is 3.19. The third-order valence-electron chi connectivity index (χ3n) is 7.02. The van der Waals surface area contributed by atoms with E-state index in [1.807, 2.05) is 49.4 Å². The molecule has 1 fully saturated rings. The number of anilines is 1. The molecular weight excluding hydrogens is 458 g/mol. The summed E-state index contributed by atoms with van der Waals surface area (Å²) in [5, 5.41) is 2.86. The number of nitrogens with one attached hydrogen (secondary N) is 1. The Labute approximate surface area is 211 Å². The maximum Gasteiger partial charge on any atom is 0.311 e. The minimum absolute atomic E-state index is 0.00335. The van der Waals surface area contributed by atoms with Crippen molar-refractivity contribution in [1.29, 1.82) is 0 Å². The molecule has 2 aliphatic rings. The van der Waals surface area contributed by atoms with Crippen molar-refractivity contribution in [1.82, 2.24) is 10.2 Å². The van der Waals surface area contributed by atoms with Crippen LogP contribution in [0.25, 0.3) is 0 Å². The van der Waals surface area contributed by atoms with Crippen molar-refractivity contribution in [3.63, 3.8) is 0 Å². The molecule has 0 radical (unpaired) electrons. The molecular formula is C28H33N3O5. The Morgan fingerprint density at radius 3 is 2.56 bits per heavy atom. The van der Waals surface area contributed by atoms with Crippen molar-refractivity contribution >= 4 is 29.4 Å². The minimum Gasteiger partial charge on any atom is -0.466 e. The van der Waals surface area contributed by atoms with Crippen LogP contribution in [0, 0.1) is 5.92 Å². The Balaban J connectivity index is 1.35. The van der Waals surface area contributed by atoms with Gasteiger partial charge in [-0.15, -0.1) is 0 Å². The van der Waals surface area contributed by atoms with E-state index in [-0.39, 0.29) is 43.3 Å². The van der Waals surface area contributed by atoms with E-state index in [9.17, 15) is 19.2 Å². The van der Waals surface area contributed by atoms with Gasteiger partial charge >= 0.3 is 5.97 Å². The first-order chi connectivity index (χ1) is 17.3. The summed E-state index contributed by atoms with van der Waals surface area (Å²) >= 11 is 0. The molecule has 2 aromatic rings. The summed E-state index contributed by atoms with van der Waals surface area (Å²) in [6.45, 7) is 4.49. The number of esters is 1. The fraction of sp³-hybridized carbons (Fsp3) is 0.429. The molecule has 1 saturated heterocycles. The fourth-order valence-electron chi connectivity index (χ4n) is 5.16. The quantitative estimate of drug-likeness (QED) is 0.515. The molecule has 2 atom stereocenters. The summed E-state index contributed by atoms with van der Waals surface area (Å²) in [7, 11) is 0. The summed E-state index contributed by atoms with van der Waals surface area (Å²) in [5.41, 5.74) is 1.43. The van der Waals surface area contributed by atoms with E-state index in [1.54, 1.807) is 28.9 Å². The number of carbonyl (C=O) groups excluding carboxylic acids is 4. The van der Waals surface area contributed by atoms with E-state index in [0.29, 0.717) is 43.5 Å². The first-order valence-corrected chi connectivity index (χ1v) is 12.6. The van der Waals surface area contributed by atoms with E-state index in [4.69, 9.17) is 4.74 Å². The third-order valence-corrected chi connectivity index (χ3v) is 7.02. The third kappa shape index (κ3) is 5.12. The number of hydrogen-bond acceptors (Lipinski definition) is 5. The number of hydrogen-bond donors (Lipinski definition) is 1. The van der Waals surface area contributed by atoms with E-state index >= 15 is 0 Å². The second-order valence-corrected chi connectivity index (χ2v) is 9.47. The fourth-order valence-corrected chi connectivity index (χ4v) is 5.16. The van der Waals surface area contributed by atoms with Gasteiger partial charge in [0, 0.05) is 25.9 Å². The maximum atomic E-state index is 13.3. The van der Waals surface area contributed by atoms with Crippen LogP contribution in [0.4, 0.5) is 5.69 Å². The van der Waals surface area contributed by atoms with Crippen LogP contribution in [0.5, 0.6) is 0 Å². The standard InChI is InChI=1S/C28H33N3O5/c1-3-36-27(35)21(18-20-10-5-4-6-11-20)19-29-24(32)14-9-17-30-26(34)22-12-7-8-13-23(22)31-25(33)15-16-28(30,31)2/h4-8,10-13,21H,3,9,14-19H2,1-2H3,(H,29,32). The number of ether oxygens (including phenoxy) is 1. The molecule has 3 amide bonds. The van der Waals surface area contributed by atoms with Gasteiger partial charge in [-0.25, -0.2) is 0 Å². The molecule has 8 nitrogen and oxygen atoms in total. The summed E-state index contributed by atoms with van der Waals surface area (Å²) in [5.74, 6) is -1.12. The van der Waals surface area contributed by atoms with Crippen LogP contribution in [-0.2, 0) is 25.5 Å². The SMILES string of the molecule is CCOC(=O)C(CNC(=O)CCCN1C(=O)c2ccccc2N2C(=O)CCC12C)Cc1ccccc1. The Hall–Kier alpha value is -3.68. The first kappa shape index (κ1) is 25.4. The molecule has 0 aromatic heterocycles. The molecule has 1 N–H and O–H groups in total. The molecule has 2 aliphatic heterocycles. The zero-order chi connectivity index (χ0) is 25.7. The van der Waals surface area contributed by atoms with Crippen molar-refractivity contribution in [3.05, 3.63) is 65.7 Å². The Morgan fingerprint density at radius 2 is 1.81 bits per heavy atom. The number of para-hydroxylation sites is 1. The molecule has 8 heteroatoms. The largest absolute Gasteiger partial charge is 0.466 e. The number of rotatable bonds is 10. The monoisotopic (exact) mass is 491 g/mol. The molecule has 0 spiro atoms. The second-order valence-electron chi connectivity index (χ2n) is 9.47. The highest BCUT2D eigenvalue weighted by Crippen LogP contribution is 2.44. The minimum atomic E-state index is -0.732. The van der Waals surface area contributed by atoms with E-state index in [2.05, 4.69) is 5.32 Å². The molecule has 4 rings (SSSR count). The average molecular weight is 492 g/mol. The van der Waals surface area contributed by atoms with Crippen molar-refractivity contribution < 1.29 is 23.9 Å². The molecule has 190 valence electrons. The van der Waals surface area contributed by atoms with Gasteiger partial charge in [-0.2, -0.15) is 0 Å². The van der Waals surface area contributed by atoms with Crippen molar-refractivity contribution in [2.24, 2.45) is 5.92 Å². The topological polar surface area (TPSA) is 96.0 Å². The summed E-state index contributed by atoms with van der Waals surface area (Å²) in [6, 6.07) is 16.8. The van der Waals surface area contributed by atoms with Gasteiger partial charge in [0.1, 0.15) is 5.66 Å². The Morgan fingerprint density at radius 1 is 1.08 bits per heavy atom. The van der Waals surface area contributed by atoms with Crippen LogP contribution < -0.4 is 10.2 Å². The lowest BCUT2D eigenvalue weighted by Gasteiger charge is -2.48. The van der Waals surface area contributed by atoms with Crippen LogP contribution in [0.15, 0.2) is 54.6 Å². The van der Waals surface area contributed by atoms with Crippen LogP contribution in [0.1, 0.15) is 55.5 Å². The normalized spacial score (nSPS) is 19.5. The highest BCUT2D eigenvalue weighted by Gasteiger charge is 2.52. The van der Waals surface area contributed by atoms with Gasteiger partial charge in [-0.3, -0.25) is 24.1 Å². The summed E-state index contributed by atoms with van der Waals surface area (Å²) in [4.78, 5) is 54.5. The van der Waals surface area contributed by atoms with E-state index in [1.165, 1.54) is 0 Å². The summed E-state index contributed by atoms with van der Waals surface area (Å²) in [6.07, 6.45) is 2.06. The molecule has 0 saturated carbocycles. The van der Waals surface area contributed by atoms with Crippen molar-refractivity contribution in [2.45, 2.75) is 51.6 Å². The molecule has 2 aromatic carbocycles. The van der Waals surface area contributed by atoms with Crippen LogP contribution in [0.3, 0.4) is 0 Å². The predicted molar refractivity (Wildman–Crippen MR) is 135 cm³/mol. The lowest BCUT2D eigenvalue weighted by molar-refractivity contribution is -0.147. The van der Waals surface area contributed by atoms with Crippen LogP contribution in [-0.4, -0.2) is 54.0 Å². The number of carbonyl (C=O) groups is 4. The van der Waals surface area contributed by atoms with Crippen molar-refractivity contribution in [3.8, 4) is 0 Å². The number of benzene rings is 2. The van der Waals surface area contributed by atoms with Gasteiger partial charge in [-0.1, -0.05) is 42.5 Å². The first-order valence-electron chi connectivity index (χ1n) is 12.6. The lowest BCUT2D eigenvalue weighted by atomic mass is 9.97. The van der Waals surface area contributed by atoms with Gasteiger partial charge in [0.05, 0.1) is 23.8 Å². The molecule has 0 bridgehead atoms. The smallest absolute Gasteiger partial charge is 0.311 e. The maximum absolute atomic E-state index is 13.3. The molecule has 2 heterocycles. The van der Waals surface area contributed by atoms with Gasteiger partial charge in [0.15, 0.2) is 0 Å².